The Labute approximate surface area is 113 Å². The Hall–Kier alpha value is -1.66. The van der Waals surface area contributed by atoms with Crippen LogP contribution in [-0.2, 0) is 15.8 Å². The number of aromatic carboxylic acids is 1. The van der Waals surface area contributed by atoms with Gasteiger partial charge in [0.25, 0.3) is 0 Å². The number of carboxylic acids is 1. The van der Waals surface area contributed by atoms with E-state index in [0.717, 1.165) is 0 Å². The molecule has 0 atom stereocenters. The van der Waals surface area contributed by atoms with Crippen LogP contribution in [0.2, 0.25) is 0 Å². The molecular formula is C13H17NO4S. The quantitative estimate of drug-likeness (QED) is 0.773. The van der Waals surface area contributed by atoms with Gasteiger partial charge in [0.1, 0.15) is 0 Å². The van der Waals surface area contributed by atoms with Gasteiger partial charge in [-0.15, -0.1) is 6.58 Å². The molecule has 0 fully saturated rings. The van der Waals surface area contributed by atoms with Gasteiger partial charge in [-0.3, -0.25) is 0 Å². The minimum absolute atomic E-state index is 0.0828. The van der Waals surface area contributed by atoms with E-state index in [4.69, 9.17) is 5.11 Å². The summed E-state index contributed by atoms with van der Waals surface area (Å²) < 4.78 is 25.6. The highest BCUT2D eigenvalue weighted by Gasteiger charge is 2.20. The maximum Gasteiger partial charge on any atom is 0.335 e. The van der Waals surface area contributed by atoms with Crippen LogP contribution in [-0.4, -0.2) is 36.9 Å². The Bertz CT molecular complexity index is 566. The Morgan fingerprint density at radius 1 is 1.47 bits per heavy atom. The number of hydrogen-bond acceptors (Lipinski definition) is 3. The molecule has 0 aliphatic heterocycles. The van der Waals surface area contributed by atoms with Crippen LogP contribution in [0.4, 0.5) is 0 Å². The van der Waals surface area contributed by atoms with Gasteiger partial charge in [-0.25, -0.2) is 13.2 Å². The minimum Gasteiger partial charge on any atom is -0.478 e. The smallest absolute Gasteiger partial charge is 0.335 e. The van der Waals surface area contributed by atoms with Crippen molar-refractivity contribution in [3.05, 3.63) is 48.0 Å². The van der Waals surface area contributed by atoms with Crippen LogP contribution in [0.1, 0.15) is 22.8 Å². The van der Waals surface area contributed by atoms with E-state index >= 15 is 0 Å². The topological polar surface area (TPSA) is 74.7 Å². The number of nitrogens with zero attached hydrogens (tertiary/aromatic N) is 1. The molecular weight excluding hydrogens is 266 g/mol. The molecule has 0 bridgehead atoms. The van der Waals surface area contributed by atoms with Gasteiger partial charge in [0, 0.05) is 13.1 Å². The van der Waals surface area contributed by atoms with E-state index in [1.807, 2.05) is 0 Å². The first-order valence-corrected chi connectivity index (χ1v) is 7.42. The van der Waals surface area contributed by atoms with Gasteiger partial charge in [-0.2, -0.15) is 4.31 Å². The molecule has 5 nitrogen and oxygen atoms in total. The summed E-state index contributed by atoms with van der Waals surface area (Å²) in [6, 6.07) is 5.95. The fourth-order valence-electron chi connectivity index (χ4n) is 1.68. The van der Waals surface area contributed by atoms with Crippen molar-refractivity contribution in [3.63, 3.8) is 0 Å². The Morgan fingerprint density at radius 2 is 2.16 bits per heavy atom. The van der Waals surface area contributed by atoms with Crippen molar-refractivity contribution in [2.45, 2.75) is 12.7 Å². The molecule has 1 N–H and O–H groups in total. The summed E-state index contributed by atoms with van der Waals surface area (Å²) in [7, 11) is -3.46. The van der Waals surface area contributed by atoms with Crippen LogP contribution in [0.15, 0.2) is 36.9 Å². The van der Waals surface area contributed by atoms with Crippen molar-refractivity contribution in [1.82, 2.24) is 4.31 Å². The number of hydrogen-bond donors (Lipinski definition) is 1. The highest BCUT2D eigenvalue weighted by atomic mass is 32.2. The molecule has 104 valence electrons. The van der Waals surface area contributed by atoms with Gasteiger partial charge in [0.2, 0.25) is 10.0 Å². The third-order valence-corrected chi connectivity index (χ3v) is 4.49. The van der Waals surface area contributed by atoms with Crippen LogP contribution in [0.5, 0.6) is 0 Å². The van der Waals surface area contributed by atoms with Crippen LogP contribution in [0.3, 0.4) is 0 Å². The van der Waals surface area contributed by atoms with Crippen LogP contribution in [0, 0.1) is 0 Å². The molecule has 0 saturated carbocycles. The van der Waals surface area contributed by atoms with Gasteiger partial charge < -0.3 is 5.11 Å². The molecule has 0 aliphatic carbocycles. The van der Waals surface area contributed by atoms with E-state index in [0.29, 0.717) is 12.1 Å². The molecule has 0 saturated heterocycles. The zero-order valence-corrected chi connectivity index (χ0v) is 11.6. The van der Waals surface area contributed by atoms with E-state index in [9.17, 15) is 13.2 Å². The monoisotopic (exact) mass is 283 g/mol. The third kappa shape index (κ3) is 4.18. The van der Waals surface area contributed by atoms with Crippen molar-refractivity contribution in [2.24, 2.45) is 0 Å². The molecule has 1 aromatic rings. The number of sulfonamides is 1. The fourth-order valence-corrected chi connectivity index (χ4v) is 3.19. The van der Waals surface area contributed by atoms with Crippen LogP contribution < -0.4 is 0 Å². The van der Waals surface area contributed by atoms with Crippen molar-refractivity contribution < 1.29 is 18.3 Å². The normalized spacial score (nSPS) is 11.5. The first-order chi connectivity index (χ1) is 8.90. The standard InChI is InChI=1S/C13H17NO4S/c1-3-8-14(4-2)19(17,18)10-11-6-5-7-12(9-11)13(15)16/h3,5-7,9H,1,4,8,10H2,2H3,(H,15,16). The lowest BCUT2D eigenvalue weighted by atomic mass is 10.1. The largest absolute Gasteiger partial charge is 0.478 e. The Balaban J connectivity index is 2.97. The minimum atomic E-state index is -3.46. The predicted octanol–water partition coefficient (Wildman–Crippen LogP) is 1.72. The second-order valence-electron chi connectivity index (χ2n) is 4.00. The number of rotatable bonds is 7. The summed E-state index contributed by atoms with van der Waals surface area (Å²) in [5.41, 5.74) is 0.543. The lowest BCUT2D eigenvalue weighted by Gasteiger charge is -2.18. The molecule has 1 aromatic carbocycles. The van der Waals surface area contributed by atoms with E-state index in [2.05, 4.69) is 6.58 Å². The molecule has 0 heterocycles. The van der Waals surface area contributed by atoms with E-state index in [1.165, 1.54) is 28.6 Å². The average molecular weight is 283 g/mol. The molecule has 1 rings (SSSR count). The molecule has 0 amide bonds. The average Bonchev–Trinajstić information content (AvgIpc) is 2.35. The fraction of sp³-hybridized carbons (Fsp3) is 0.308. The van der Waals surface area contributed by atoms with Gasteiger partial charge >= 0.3 is 5.97 Å². The Kier molecular flexibility index (Phi) is 5.26. The molecule has 0 aliphatic rings. The summed E-state index contributed by atoms with van der Waals surface area (Å²) in [6.07, 6.45) is 1.52. The summed E-state index contributed by atoms with van der Waals surface area (Å²) in [6.45, 7) is 5.87. The lowest BCUT2D eigenvalue weighted by molar-refractivity contribution is 0.0696. The molecule has 0 spiro atoms. The van der Waals surface area contributed by atoms with E-state index in [-0.39, 0.29) is 17.9 Å². The summed E-state index contributed by atoms with van der Waals surface area (Å²) in [5, 5.41) is 8.87. The van der Waals surface area contributed by atoms with Gasteiger partial charge in [0.05, 0.1) is 11.3 Å². The SMILES string of the molecule is C=CCN(CC)S(=O)(=O)Cc1cccc(C(=O)O)c1. The molecule has 0 unspecified atom stereocenters. The van der Waals surface area contributed by atoms with E-state index in [1.54, 1.807) is 13.0 Å². The van der Waals surface area contributed by atoms with Crippen LogP contribution >= 0.6 is 0 Å². The number of likely N-dealkylation sites (N-methyl/N-ethyl adjacent to an activating group) is 1. The maximum absolute atomic E-state index is 12.1. The predicted molar refractivity (Wildman–Crippen MR) is 73.5 cm³/mol. The highest BCUT2D eigenvalue weighted by Crippen LogP contribution is 2.13. The molecule has 0 aromatic heterocycles. The van der Waals surface area contributed by atoms with Crippen molar-refractivity contribution in [2.75, 3.05) is 13.1 Å². The third-order valence-electron chi connectivity index (χ3n) is 2.60. The number of benzene rings is 1. The van der Waals surface area contributed by atoms with Crippen molar-refractivity contribution in [3.8, 4) is 0 Å². The molecule has 19 heavy (non-hydrogen) atoms. The first-order valence-electron chi connectivity index (χ1n) is 5.81. The zero-order chi connectivity index (χ0) is 14.5. The maximum atomic E-state index is 12.1. The second-order valence-corrected chi connectivity index (χ2v) is 5.97. The lowest BCUT2D eigenvalue weighted by Crippen LogP contribution is -2.32. The van der Waals surface area contributed by atoms with Gasteiger partial charge in [-0.05, 0) is 17.7 Å². The molecule has 0 radical (unpaired) electrons. The van der Waals surface area contributed by atoms with Crippen molar-refractivity contribution in [1.29, 1.82) is 0 Å². The first kappa shape index (κ1) is 15.4. The second kappa shape index (κ2) is 6.49. The van der Waals surface area contributed by atoms with Crippen LogP contribution in [0.25, 0.3) is 0 Å². The summed E-state index contributed by atoms with van der Waals surface area (Å²) >= 11 is 0. The van der Waals surface area contributed by atoms with Gasteiger partial charge in [-0.1, -0.05) is 25.1 Å². The highest BCUT2D eigenvalue weighted by molar-refractivity contribution is 7.88. The summed E-state index contributed by atoms with van der Waals surface area (Å²) in [4.78, 5) is 10.8. The summed E-state index contributed by atoms with van der Waals surface area (Å²) in [5.74, 6) is -1.28. The Morgan fingerprint density at radius 3 is 2.68 bits per heavy atom. The van der Waals surface area contributed by atoms with E-state index < -0.39 is 16.0 Å². The zero-order valence-electron chi connectivity index (χ0n) is 10.7. The molecule has 6 heteroatoms. The van der Waals surface area contributed by atoms with Gasteiger partial charge in [0.15, 0.2) is 0 Å². The van der Waals surface area contributed by atoms with Crippen molar-refractivity contribution >= 4 is 16.0 Å². The number of carbonyl (C=O) groups is 1. The number of carboxylic acid groups (broad SMARTS) is 1.